The van der Waals surface area contributed by atoms with Crippen molar-refractivity contribution in [2.24, 2.45) is 13.0 Å². The quantitative estimate of drug-likeness (QED) is 0.472. The SMILES string of the molecule is C=CCOC(=O)C1=C(c2ccc3oc(=O)n(C)c3c2)CC2[C@@H]([C@@H](C)O)C(=O)N12. The van der Waals surface area contributed by atoms with Gasteiger partial charge >= 0.3 is 11.7 Å². The van der Waals surface area contributed by atoms with Crippen LogP contribution in [-0.2, 0) is 21.4 Å². The summed E-state index contributed by atoms with van der Waals surface area (Å²) < 4.78 is 11.7. The van der Waals surface area contributed by atoms with E-state index in [0.29, 0.717) is 28.7 Å². The molecule has 4 rings (SSSR count). The molecular formula is C20H20N2O6. The molecule has 3 atom stereocenters. The fraction of sp³-hybridized carbons (Fsp3) is 0.350. The average molecular weight is 384 g/mol. The van der Waals surface area contributed by atoms with Gasteiger partial charge in [-0.25, -0.2) is 9.59 Å². The fourth-order valence-electron chi connectivity index (χ4n) is 4.03. The molecular weight excluding hydrogens is 364 g/mol. The van der Waals surface area contributed by atoms with E-state index in [4.69, 9.17) is 9.15 Å². The van der Waals surface area contributed by atoms with Gasteiger partial charge in [0, 0.05) is 7.05 Å². The summed E-state index contributed by atoms with van der Waals surface area (Å²) >= 11 is 0. The van der Waals surface area contributed by atoms with Crippen molar-refractivity contribution in [3.8, 4) is 0 Å². The molecule has 1 fully saturated rings. The highest BCUT2D eigenvalue weighted by atomic mass is 16.5. The molecule has 8 nitrogen and oxygen atoms in total. The first-order valence-corrected chi connectivity index (χ1v) is 8.97. The number of aryl methyl sites for hydroxylation is 1. The third kappa shape index (κ3) is 2.52. The summed E-state index contributed by atoms with van der Waals surface area (Å²) in [6, 6.07) is 4.87. The maximum absolute atomic E-state index is 12.7. The topological polar surface area (TPSA) is 102 Å². The van der Waals surface area contributed by atoms with Crippen LogP contribution in [-0.4, -0.2) is 45.2 Å². The number of ether oxygens (including phenoxy) is 1. The lowest BCUT2D eigenvalue weighted by Gasteiger charge is -2.44. The Morgan fingerprint density at radius 2 is 2.21 bits per heavy atom. The number of hydrogen-bond donors (Lipinski definition) is 1. The largest absolute Gasteiger partial charge is 0.457 e. The maximum atomic E-state index is 12.7. The molecule has 2 aromatic rings. The summed E-state index contributed by atoms with van der Waals surface area (Å²) in [5.41, 5.74) is 2.54. The van der Waals surface area contributed by atoms with Gasteiger partial charge in [-0.3, -0.25) is 9.36 Å². The van der Waals surface area contributed by atoms with Crippen molar-refractivity contribution in [3.63, 3.8) is 0 Å². The van der Waals surface area contributed by atoms with Crippen molar-refractivity contribution in [1.29, 1.82) is 0 Å². The highest BCUT2D eigenvalue weighted by Crippen LogP contribution is 2.47. The van der Waals surface area contributed by atoms with E-state index in [-0.39, 0.29) is 24.3 Å². The predicted molar refractivity (Wildman–Crippen MR) is 100.0 cm³/mol. The van der Waals surface area contributed by atoms with Gasteiger partial charge in [0.15, 0.2) is 5.58 Å². The fourth-order valence-corrected chi connectivity index (χ4v) is 4.03. The van der Waals surface area contributed by atoms with E-state index in [9.17, 15) is 19.5 Å². The summed E-state index contributed by atoms with van der Waals surface area (Å²) in [6.45, 7) is 5.13. The standard InChI is InChI=1S/C20H20N2O6/c1-4-7-27-19(25)17-12(9-14-16(10(2)23)18(24)22(14)17)11-5-6-15-13(8-11)21(3)20(26)28-15/h4-6,8,10,14,16,23H,1,7,9H2,2-3H3/t10-,14?,16-/m1/s1. The van der Waals surface area contributed by atoms with Crippen LogP contribution in [0.4, 0.5) is 0 Å². The van der Waals surface area contributed by atoms with Gasteiger partial charge in [-0.15, -0.1) is 0 Å². The second-order valence-corrected chi connectivity index (χ2v) is 7.07. The van der Waals surface area contributed by atoms with Crippen LogP contribution >= 0.6 is 0 Å². The Kier molecular flexibility index (Phi) is 4.23. The Bertz CT molecular complexity index is 1090. The van der Waals surface area contributed by atoms with Crippen LogP contribution in [0.3, 0.4) is 0 Å². The van der Waals surface area contributed by atoms with Crippen molar-refractivity contribution >= 4 is 28.5 Å². The van der Waals surface area contributed by atoms with Crippen molar-refractivity contribution < 1.29 is 23.8 Å². The van der Waals surface area contributed by atoms with Crippen LogP contribution in [0.2, 0.25) is 0 Å². The number of carbonyl (C=O) groups is 2. The number of aromatic nitrogens is 1. The van der Waals surface area contributed by atoms with Gasteiger partial charge in [0.25, 0.3) is 0 Å². The maximum Gasteiger partial charge on any atom is 0.419 e. The molecule has 2 aliphatic heterocycles. The number of aliphatic hydroxyl groups is 1. The van der Waals surface area contributed by atoms with Crippen molar-refractivity contribution in [2.45, 2.75) is 25.5 Å². The number of aliphatic hydroxyl groups excluding tert-OH is 1. The lowest BCUT2D eigenvalue weighted by atomic mass is 9.82. The van der Waals surface area contributed by atoms with Gasteiger partial charge in [0.05, 0.1) is 23.6 Å². The second-order valence-electron chi connectivity index (χ2n) is 7.07. The van der Waals surface area contributed by atoms with E-state index in [2.05, 4.69) is 6.58 Å². The molecule has 1 saturated heterocycles. The number of hydrogen-bond acceptors (Lipinski definition) is 6. The number of esters is 1. The molecule has 1 unspecified atom stereocenters. The van der Waals surface area contributed by atoms with Gasteiger partial charge < -0.3 is 19.2 Å². The zero-order valence-electron chi connectivity index (χ0n) is 15.5. The summed E-state index contributed by atoms with van der Waals surface area (Å²) in [5, 5.41) is 9.95. The summed E-state index contributed by atoms with van der Waals surface area (Å²) in [4.78, 5) is 38.4. The van der Waals surface area contributed by atoms with Crippen LogP contribution in [0.1, 0.15) is 18.9 Å². The zero-order valence-corrected chi connectivity index (χ0v) is 15.5. The molecule has 1 aromatic carbocycles. The van der Waals surface area contributed by atoms with Gasteiger partial charge in [-0.05, 0) is 36.6 Å². The molecule has 0 radical (unpaired) electrons. The minimum absolute atomic E-state index is 0.0252. The van der Waals surface area contributed by atoms with E-state index in [1.54, 1.807) is 32.2 Å². The van der Waals surface area contributed by atoms with Crippen LogP contribution in [0, 0.1) is 5.92 Å². The van der Waals surface area contributed by atoms with E-state index in [0.717, 1.165) is 0 Å². The van der Waals surface area contributed by atoms with Crippen molar-refractivity contribution in [3.05, 3.63) is 52.7 Å². The van der Waals surface area contributed by atoms with Gasteiger partial charge in [-0.1, -0.05) is 18.7 Å². The lowest BCUT2D eigenvalue weighted by Crippen LogP contribution is -2.61. The number of rotatable bonds is 5. The van der Waals surface area contributed by atoms with Crippen LogP contribution in [0.15, 0.2) is 45.8 Å². The number of oxazole rings is 1. The Morgan fingerprint density at radius 3 is 2.89 bits per heavy atom. The number of nitrogens with zero attached hydrogens (tertiary/aromatic N) is 2. The predicted octanol–water partition coefficient (Wildman–Crippen LogP) is 1.18. The molecule has 1 aromatic heterocycles. The second kappa shape index (κ2) is 6.49. The van der Waals surface area contributed by atoms with Crippen molar-refractivity contribution in [1.82, 2.24) is 9.47 Å². The number of benzene rings is 1. The highest BCUT2D eigenvalue weighted by Gasteiger charge is 2.57. The molecule has 3 heterocycles. The Hall–Kier alpha value is -3.13. The normalized spacial score (nSPS) is 22.2. The zero-order chi connectivity index (χ0) is 20.2. The minimum atomic E-state index is -0.810. The van der Waals surface area contributed by atoms with Crippen LogP contribution < -0.4 is 5.76 Å². The molecule has 0 bridgehead atoms. The Morgan fingerprint density at radius 1 is 1.46 bits per heavy atom. The van der Waals surface area contributed by atoms with Gasteiger partial charge in [0.2, 0.25) is 5.91 Å². The minimum Gasteiger partial charge on any atom is -0.457 e. The van der Waals surface area contributed by atoms with Crippen molar-refractivity contribution in [2.75, 3.05) is 6.61 Å². The Balaban J connectivity index is 1.82. The Labute approximate surface area is 160 Å². The number of β-lactam (4-membered cyclic amide) rings is 1. The number of fused-ring (bicyclic) bond motifs is 2. The first-order chi connectivity index (χ1) is 13.3. The molecule has 0 aliphatic carbocycles. The van der Waals surface area contributed by atoms with E-state index in [1.807, 2.05) is 0 Å². The lowest BCUT2D eigenvalue weighted by molar-refractivity contribution is -0.162. The summed E-state index contributed by atoms with van der Waals surface area (Å²) in [5.74, 6) is -1.94. The molecule has 8 heteroatoms. The molecule has 28 heavy (non-hydrogen) atoms. The van der Waals surface area contributed by atoms with Gasteiger partial charge in [-0.2, -0.15) is 0 Å². The molecule has 1 N–H and O–H groups in total. The molecule has 146 valence electrons. The monoisotopic (exact) mass is 384 g/mol. The van der Waals surface area contributed by atoms with E-state index < -0.39 is 23.7 Å². The van der Waals surface area contributed by atoms with Gasteiger partial charge in [0.1, 0.15) is 12.3 Å². The average Bonchev–Trinajstić information content (AvgIpc) is 3.14. The first kappa shape index (κ1) is 18.2. The summed E-state index contributed by atoms with van der Waals surface area (Å²) in [7, 11) is 1.60. The number of amides is 1. The molecule has 1 amide bonds. The molecule has 0 saturated carbocycles. The van der Waals surface area contributed by atoms with E-state index >= 15 is 0 Å². The third-order valence-corrected chi connectivity index (χ3v) is 5.39. The number of carbonyl (C=O) groups excluding carboxylic acids is 2. The highest BCUT2D eigenvalue weighted by molar-refractivity contribution is 6.07. The summed E-state index contributed by atoms with van der Waals surface area (Å²) in [6.07, 6.45) is 1.06. The van der Waals surface area contributed by atoms with Crippen LogP contribution in [0.25, 0.3) is 16.7 Å². The van der Waals surface area contributed by atoms with E-state index in [1.165, 1.54) is 15.5 Å². The molecule has 0 spiro atoms. The smallest absolute Gasteiger partial charge is 0.419 e. The third-order valence-electron chi connectivity index (χ3n) is 5.39. The van der Waals surface area contributed by atoms with Crippen LogP contribution in [0.5, 0.6) is 0 Å². The molecule has 2 aliphatic rings. The first-order valence-electron chi connectivity index (χ1n) is 8.97.